The summed E-state index contributed by atoms with van der Waals surface area (Å²) in [7, 11) is 0. The van der Waals surface area contributed by atoms with Gasteiger partial charge in [0.05, 0.1) is 6.61 Å². The van der Waals surface area contributed by atoms with Gasteiger partial charge in [0.2, 0.25) is 0 Å². The van der Waals surface area contributed by atoms with E-state index >= 15 is 0 Å². The molecular formula is C30H58ClNO2. The van der Waals surface area contributed by atoms with Crippen LogP contribution in [0.2, 0.25) is 0 Å². The highest BCUT2D eigenvalue weighted by atomic mass is 35.5. The molecule has 0 aromatic carbocycles. The number of hydrogen-bond donors (Lipinski definition) is 0. The number of nitrogens with zero attached hydrogens (tertiary/aromatic N) is 1. The molecule has 3 nitrogen and oxygen atoms in total. The molecule has 1 saturated carbocycles. The molecule has 202 valence electrons. The lowest BCUT2D eigenvalue weighted by molar-refractivity contribution is -0.145. The highest BCUT2D eigenvalue weighted by molar-refractivity contribution is 6.18. The lowest BCUT2D eigenvalue weighted by atomic mass is 9.91. The first-order valence-corrected chi connectivity index (χ1v) is 15.7. The molecule has 0 aromatic heterocycles. The minimum absolute atomic E-state index is 0.0208. The molecule has 0 amide bonds. The number of carbonyl (C=O) groups is 1. The highest BCUT2D eigenvalue weighted by Gasteiger charge is 2.23. The van der Waals surface area contributed by atoms with Gasteiger partial charge in [-0.3, -0.25) is 9.69 Å². The molecular weight excluding hydrogens is 442 g/mol. The largest absolute Gasteiger partial charge is 0.465 e. The fraction of sp³-hybridized carbons (Fsp3) is 0.967. The lowest BCUT2D eigenvalue weighted by Gasteiger charge is -2.37. The summed E-state index contributed by atoms with van der Waals surface area (Å²) in [6, 6.07) is 0.763. The second-order valence-corrected chi connectivity index (χ2v) is 11.2. The molecule has 0 saturated heterocycles. The molecule has 0 heterocycles. The van der Waals surface area contributed by atoms with Gasteiger partial charge in [-0.25, -0.2) is 0 Å². The number of ether oxygens (including phenoxy) is 1. The summed E-state index contributed by atoms with van der Waals surface area (Å²) in [5.41, 5.74) is 0. The average molecular weight is 500 g/mol. The molecule has 0 N–H and O–H groups in total. The standard InChI is InChI=1S/C30H58ClNO2/c1-3-5-7-9-11-14-19-28(20-15-12-10-8-6-4-2)27-34-30(33)23-16-13-17-25-32(26-24-31)29-21-18-22-29/h28-29H,3-27H2,1-2H3. The van der Waals surface area contributed by atoms with Gasteiger partial charge in [-0.1, -0.05) is 104 Å². The molecule has 1 aliphatic rings. The van der Waals surface area contributed by atoms with Crippen LogP contribution >= 0.6 is 11.6 Å². The van der Waals surface area contributed by atoms with Gasteiger partial charge in [0, 0.05) is 24.9 Å². The third-order valence-corrected chi connectivity index (χ3v) is 7.87. The summed E-state index contributed by atoms with van der Waals surface area (Å²) >= 11 is 5.98. The van der Waals surface area contributed by atoms with Crippen LogP contribution in [0, 0.1) is 5.92 Å². The molecule has 1 rings (SSSR count). The van der Waals surface area contributed by atoms with Crippen LogP contribution in [0.4, 0.5) is 0 Å². The maximum absolute atomic E-state index is 12.4. The van der Waals surface area contributed by atoms with E-state index in [1.54, 1.807) is 0 Å². The Morgan fingerprint density at radius 1 is 0.794 bits per heavy atom. The Morgan fingerprint density at radius 3 is 1.88 bits per heavy atom. The van der Waals surface area contributed by atoms with Crippen LogP contribution < -0.4 is 0 Å². The van der Waals surface area contributed by atoms with Crippen molar-refractivity contribution in [2.75, 3.05) is 25.6 Å². The quantitative estimate of drug-likeness (QED) is 0.0711. The SMILES string of the molecule is CCCCCCCCC(CCCCCCCC)COC(=O)CCCCCN(CCCl)C1CCC1. The van der Waals surface area contributed by atoms with E-state index < -0.39 is 0 Å². The number of halogens is 1. The molecule has 0 aliphatic heterocycles. The van der Waals surface area contributed by atoms with Crippen molar-refractivity contribution in [1.82, 2.24) is 4.90 Å². The second-order valence-electron chi connectivity index (χ2n) is 10.8. The molecule has 4 heteroatoms. The van der Waals surface area contributed by atoms with Crippen LogP contribution in [-0.2, 0) is 9.53 Å². The smallest absolute Gasteiger partial charge is 0.305 e. The zero-order valence-corrected chi connectivity index (χ0v) is 23.7. The van der Waals surface area contributed by atoms with Crippen LogP contribution in [0.5, 0.6) is 0 Å². The van der Waals surface area contributed by atoms with Gasteiger partial charge in [0.15, 0.2) is 0 Å². The first kappa shape index (κ1) is 31.7. The van der Waals surface area contributed by atoms with Crippen molar-refractivity contribution in [2.24, 2.45) is 5.92 Å². The number of carbonyl (C=O) groups excluding carboxylic acids is 1. The number of esters is 1. The van der Waals surface area contributed by atoms with E-state index in [1.807, 2.05) is 0 Å². The fourth-order valence-electron chi connectivity index (χ4n) is 5.12. The zero-order chi connectivity index (χ0) is 24.7. The van der Waals surface area contributed by atoms with E-state index in [0.29, 0.717) is 18.9 Å². The topological polar surface area (TPSA) is 29.5 Å². The predicted octanol–water partition coefficient (Wildman–Crippen LogP) is 9.30. The summed E-state index contributed by atoms with van der Waals surface area (Å²) in [6.07, 6.45) is 26.4. The molecule has 0 aromatic rings. The third kappa shape index (κ3) is 17.2. The van der Waals surface area contributed by atoms with Gasteiger partial charge in [0.1, 0.15) is 0 Å². The van der Waals surface area contributed by atoms with Crippen molar-refractivity contribution < 1.29 is 9.53 Å². The molecule has 0 radical (unpaired) electrons. The zero-order valence-electron chi connectivity index (χ0n) is 23.0. The normalized spacial score (nSPS) is 14.1. The molecule has 1 aliphatic carbocycles. The molecule has 0 bridgehead atoms. The van der Waals surface area contributed by atoms with Gasteiger partial charge in [-0.15, -0.1) is 11.6 Å². The summed E-state index contributed by atoms with van der Waals surface area (Å²) in [5.74, 6) is 1.31. The van der Waals surface area contributed by atoms with E-state index in [9.17, 15) is 4.79 Å². The molecule has 0 atom stereocenters. The van der Waals surface area contributed by atoms with Crippen LogP contribution in [-0.4, -0.2) is 42.5 Å². The molecule has 0 spiro atoms. The number of unbranched alkanes of at least 4 members (excludes halogenated alkanes) is 12. The number of rotatable bonds is 25. The highest BCUT2D eigenvalue weighted by Crippen LogP contribution is 2.25. The summed E-state index contributed by atoms with van der Waals surface area (Å²) < 4.78 is 5.76. The first-order chi connectivity index (χ1) is 16.7. The molecule has 34 heavy (non-hydrogen) atoms. The van der Waals surface area contributed by atoms with Gasteiger partial charge < -0.3 is 4.74 Å². The van der Waals surface area contributed by atoms with Crippen molar-refractivity contribution in [1.29, 1.82) is 0 Å². The predicted molar refractivity (Wildman–Crippen MR) is 149 cm³/mol. The van der Waals surface area contributed by atoms with E-state index in [4.69, 9.17) is 16.3 Å². The maximum atomic E-state index is 12.4. The summed E-state index contributed by atoms with van der Waals surface area (Å²) in [6.45, 7) is 7.33. The summed E-state index contributed by atoms with van der Waals surface area (Å²) in [4.78, 5) is 14.9. The van der Waals surface area contributed by atoms with Gasteiger partial charge >= 0.3 is 5.97 Å². The molecule has 1 fully saturated rings. The van der Waals surface area contributed by atoms with Crippen LogP contribution in [0.15, 0.2) is 0 Å². The van der Waals surface area contributed by atoms with Crippen molar-refractivity contribution in [3.63, 3.8) is 0 Å². The van der Waals surface area contributed by atoms with Gasteiger partial charge in [-0.2, -0.15) is 0 Å². The second kappa shape index (κ2) is 23.1. The van der Waals surface area contributed by atoms with Crippen molar-refractivity contribution in [3.8, 4) is 0 Å². The lowest BCUT2D eigenvalue weighted by Crippen LogP contribution is -2.41. The van der Waals surface area contributed by atoms with E-state index in [2.05, 4.69) is 18.7 Å². The van der Waals surface area contributed by atoms with Crippen molar-refractivity contribution >= 4 is 17.6 Å². The minimum Gasteiger partial charge on any atom is -0.465 e. The first-order valence-electron chi connectivity index (χ1n) is 15.2. The van der Waals surface area contributed by atoms with E-state index in [-0.39, 0.29) is 5.97 Å². The Labute approximate surface area is 218 Å². The van der Waals surface area contributed by atoms with Crippen LogP contribution in [0.1, 0.15) is 149 Å². The van der Waals surface area contributed by atoms with E-state index in [1.165, 1.54) is 116 Å². The Kier molecular flexibility index (Phi) is 21.6. The van der Waals surface area contributed by atoms with E-state index in [0.717, 1.165) is 37.9 Å². The third-order valence-electron chi connectivity index (χ3n) is 7.70. The Hall–Kier alpha value is -0.280. The van der Waals surface area contributed by atoms with Crippen LogP contribution in [0.3, 0.4) is 0 Å². The Morgan fingerprint density at radius 2 is 1.35 bits per heavy atom. The van der Waals surface area contributed by atoms with Crippen molar-refractivity contribution in [3.05, 3.63) is 0 Å². The van der Waals surface area contributed by atoms with Crippen molar-refractivity contribution in [2.45, 2.75) is 155 Å². The monoisotopic (exact) mass is 499 g/mol. The maximum Gasteiger partial charge on any atom is 0.305 e. The minimum atomic E-state index is 0.0208. The van der Waals surface area contributed by atoms with Crippen LogP contribution in [0.25, 0.3) is 0 Å². The Balaban J connectivity index is 2.18. The molecule has 0 unspecified atom stereocenters. The number of hydrogen-bond acceptors (Lipinski definition) is 3. The fourth-order valence-corrected chi connectivity index (χ4v) is 5.34. The Bertz CT molecular complexity index is 439. The number of alkyl halides is 1. The van der Waals surface area contributed by atoms with Gasteiger partial charge in [0.25, 0.3) is 0 Å². The average Bonchev–Trinajstić information content (AvgIpc) is 2.80. The summed E-state index contributed by atoms with van der Waals surface area (Å²) in [5, 5.41) is 0. The van der Waals surface area contributed by atoms with Gasteiger partial charge in [-0.05, 0) is 51.0 Å².